The molecule has 2 N–H and O–H groups in total. The van der Waals surface area contributed by atoms with E-state index in [9.17, 15) is 4.79 Å². The van der Waals surface area contributed by atoms with Crippen LogP contribution in [0.1, 0.15) is 26.3 Å². The van der Waals surface area contributed by atoms with Gasteiger partial charge in [-0.3, -0.25) is 4.79 Å². The van der Waals surface area contributed by atoms with Gasteiger partial charge in [0.05, 0.1) is 11.9 Å². The fraction of sp³-hybridized carbons (Fsp3) is 0.294. The predicted molar refractivity (Wildman–Crippen MR) is 94.5 cm³/mol. The number of halogens is 1. The van der Waals surface area contributed by atoms with Crippen molar-refractivity contribution in [3.05, 3.63) is 46.6 Å². The number of nitrogens with zero attached hydrogens (tertiary/aromatic N) is 1. The summed E-state index contributed by atoms with van der Waals surface area (Å²) in [4.78, 5) is 16.2. The third kappa shape index (κ3) is 4.31. The molecule has 1 aromatic heterocycles. The number of nitrogens with one attached hydrogen (secondary N) is 2. The molecule has 0 saturated heterocycles. The van der Waals surface area contributed by atoms with Crippen molar-refractivity contribution in [1.29, 1.82) is 0 Å². The highest BCUT2D eigenvalue weighted by Crippen LogP contribution is 2.23. The Bertz CT molecular complexity index is 675. The zero-order valence-corrected chi connectivity index (χ0v) is 14.8. The first kappa shape index (κ1) is 16.5. The Morgan fingerprint density at radius 3 is 2.36 bits per heavy atom. The van der Waals surface area contributed by atoms with Gasteiger partial charge in [-0.25, -0.2) is 4.98 Å². The molecule has 0 saturated carbocycles. The summed E-state index contributed by atoms with van der Waals surface area (Å²) in [5.74, 6) is 0.696. The summed E-state index contributed by atoms with van der Waals surface area (Å²) in [6.45, 7) is 7.67. The highest BCUT2D eigenvalue weighted by atomic mass is 79.9. The normalized spacial score (nSPS) is 11.1. The Morgan fingerprint density at radius 1 is 1.14 bits per heavy atom. The number of carbonyl (C=O) groups excluding carboxylic acids is 1. The van der Waals surface area contributed by atoms with E-state index < -0.39 is 5.41 Å². The Labute approximate surface area is 139 Å². The summed E-state index contributed by atoms with van der Waals surface area (Å²) < 4.78 is 1.05. The Balaban J connectivity index is 2.06. The molecular formula is C17H20BrN3O. The third-order valence-corrected chi connectivity index (χ3v) is 4.00. The molecule has 0 fully saturated rings. The molecule has 0 spiro atoms. The number of anilines is 3. The molecule has 2 rings (SSSR count). The van der Waals surface area contributed by atoms with E-state index in [0.717, 1.165) is 16.0 Å². The van der Waals surface area contributed by atoms with Gasteiger partial charge in [0.2, 0.25) is 5.91 Å². The molecule has 4 nitrogen and oxygen atoms in total. The van der Waals surface area contributed by atoms with Crippen LogP contribution in [0.3, 0.4) is 0 Å². The van der Waals surface area contributed by atoms with E-state index in [1.807, 2.05) is 58.0 Å². The van der Waals surface area contributed by atoms with Crippen LogP contribution >= 0.6 is 15.9 Å². The molecular weight excluding hydrogens is 342 g/mol. The number of amides is 1. The number of rotatable bonds is 3. The minimum atomic E-state index is -0.425. The number of aromatic nitrogens is 1. The monoisotopic (exact) mass is 361 g/mol. The van der Waals surface area contributed by atoms with Crippen molar-refractivity contribution in [2.45, 2.75) is 27.7 Å². The maximum absolute atomic E-state index is 11.9. The van der Waals surface area contributed by atoms with Crippen molar-refractivity contribution >= 4 is 39.0 Å². The smallest absolute Gasteiger partial charge is 0.229 e. The van der Waals surface area contributed by atoms with Crippen molar-refractivity contribution in [3.63, 3.8) is 0 Å². The second-order valence-electron chi connectivity index (χ2n) is 6.23. The Kier molecular flexibility index (Phi) is 4.86. The highest BCUT2D eigenvalue weighted by Gasteiger charge is 2.21. The summed E-state index contributed by atoms with van der Waals surface area (Å²) in [5, 5.41) is 6.08. The number of benzene rings is 1. The van der Waals surface area contributed by atoms with Crippen LogP contribution in [0.15, 0.2) is 41.0 Å². The zero-order valence-electron chi connectivity index (χ0n) is 13.2. The molecule has 0 aliphatic rings. The summed E-state index contributed by atoms with van der Waals surface area (Å²) in [5.41, 5.74) is 2.40. The van der Waals surface area contributed by atoms with Gasteiger partial charge < -0.3 is 10.6 Å². The van der Waals surface area contributed by atoms with Gasteiger partial charge in [-0.15, -0.1) is 0 Å². The van der Waals surface area contributed by atoms with Gasteiger partial charge in [-0.1, -0.05) is 42.8 Å². The van der Waals surface area contributed by atoms with Crippen molar-refractivity contribution < 1.29 is 4.79 Å². The first-order valence-corrected chi connectivity index (χ1v) is 7.86. The van der Waals surface area contributed by atoms with Gasteiger partial charge >= 0.3 is 0 Å². The van der Waals surface area contributed by atoms with Gasteiger partial charge in [-0.05, 0) is 36.8 Å². The number of pyridine rings is 1. The Hall–Kier alpha value is -1.88. The summed E-state index contributed by atoms with van der Waals surface area (Å²) in [7, 11) is 0. The SMILES string of the molecule is Cc1ccc(Nc2ccc(NC(=O)C(C)(C)C)cn2)cc1Br. The lowest BCUT2D eigenvalue weighted by molar-refractivity contribution is -0.123. The van der Waals surface area contributed by atoms with E-state index in [2.05, 4.69) is 31.5 Å². The molecule has 1 heterocycles. The van der Waals surface area contributed by atoms with E-state index in [0.29, 0.717) is 5.69 Å². The first-order valence-electron chi connectivity index (χ1n) is 7.06. The van der Waals surface area contributed by atoms with Gasteiger partial charge in [0.25, 0.3) is 0 Å². The molecule has 0 radical (unpaired) electrons. The maximum Gasteiger partial charge on any atom is 0.229 e. The minimum absolute atomic E-state index is 0.0301. The lowest BCUT2D eigenvalue weighted by Gasteiger charge is -2.17. The van der Waals surface area contributed by atoms with Crippen LogP contribution in [0.2, 0.25) is 0 Å². The average Bonchev–Trinajstić information content (AvgIpc) is 2.44. The number of hydrogen-bond acceptors (Lipinski definition) is 3. The first-order chi connectivity index (χ1) is 10.3. The summed E-state index contributed by atoms with van der Waals surface area (Å²) in [6.07, 6.45) is 1.65. The van der Waals surface area contributed by atoms with E-state index in [1.165, 1.54) is 5.56 Å². The molecule has 22 heavy (non-hydrogen) atoms. The molecule has 0 atom stereocenters. The van der Waals surface area contributed by atoms with Gasteiger partial charge in [-0.2, -0.15) is 0 Å². The number of aryl methyl sites for hydroxylation is 1. The van der Waals surface area contributed by atoms with Crippen LogP contribution in [0.25, 0.3) is 0 Å². The number of hydrogen-bond donors (Lipinski definition) is 2. The summed E-state index contributed by atoms with van der Waals surface area (Å²) >= 11 is 3.51. The molecule has 0 unspecified atom stereocenters. The van der Waals surface area contributed by atoms with Crippen LogP contribution in [0.5, 0.6) is 0 Å². The van der Waals surface area contributed by atoms with E-state index in [4.69, 9.17) is 0 Å². The predicted octanol–water partition coefficient (Wildman–Crippen LogP) is 4.88. The molecule has 0 aliphatic carbocycles. The van der Waals surface area contributed by atoms with Crippen LogP contribution in [-0.4, -0.2) is 10.9 Å². The Morgan fingerprint density at radius 2 is 1.82 bits per heavy atom. The van der Waals surface area contributed by atoms with E-state index in [1.54, 1.807) is 6.20 Å². The standard InChI is InChI=1S/C17H20BrN3O/c1-11-5-6-12(9-14(11)18)20-15-8-7-13(10-19-15)21-16(22)17(2,3)4/h5-10H,1-4H3,(H,19,20)(H,21,22). The van der Waals surface area contributed by atoms with E-state index >= 15 is 0 Å². The molecule has 2 aromatic rings. The van der Waals surface area contributed by atoms with Crippen LogP contribution < -0.4 is 10.6 Å². The second-order valence-corrected chi connectivity index (χ2v) is 7.08. The van der Waals surface area contributed by atoms with Crippen LogP contribution in [0, 0.1) is 12.3 Å². The highest BCUT2D eigenvalue weighted by molar-refractivity contribution is 9.10. The maximum atomic E-state index is 11.9. The lowest BCUT2D eigenvalue weighted by atomic mass is 9.96. The number of carbonyl (C=O) groups is 1. The van der Waals surface area contributed by atoms with Gasteiger partial charge in [0.15, 0.2) is 0 Å². The lowest BCUT2D eigenvalue weighted by Crippen LogP contribution is -2.27. The molecule has 5 heteroatoms. The molecule has 0 aliphatic heterocycles. The fourth-order valence-corrected chi connectivity index (χ4v) is 2.06. The van der Waals surface area contributed by atoms with Crippen molar-refractivity contribution in [2.24, 2.45) is 5.41 Å². The zero-order chi connectivity index (χ0) is 16.3. The average molecular weight is 362 g/mol. The molecule has 0 bridgehead atoms. The molecule has 116 valence electrons. The molecule has 1 amide bonds. The van der Waals surface area contributed by atoms with Crippen LogP contribution in [0.4, 0.5) is 17.2 Å². The van der Waals surface area contributed by atoms with Crippen LogP contribution in [-0.2, 0) is 4.79 Å². The molecule has 1 aromatic carbocycles. The second kappa shape index (κ2) is 6.48. The topological polar surface area (TPSA) is 54.0 Å². The van der Waals surface area contributed by atoms with Crippen molar-refractivity contribution in [2.75, 3.05) is 10.6 Å². The van der Waals surface area contributed by atoms with Crippen molar-refractivity contribution in [1.82, 2.24) is 4.98 Å². The minimum Gasteiger partial charge on any atom is -0.340 e. The van der Waals surface area contributed by atoms with Gasteiger partial charge in [0, 0.05) is 15.6 Å². The largest absolute Gasteiger partial charge is 0.340 e. The fourth-order valence-electron chi connectivity index (χ4n) is 1.68. The third-order valence-electron chi connectivity index (χ3n) is 3.15. The van der Waals surface area contributed by atoms with Gasteiger partial charge in [0.1, 0.15) is 5.82 Å². The summed E-state index contributed by atoms with van der Waals surface area (Å²) in [6, 6.07) is 9.71. The van der Waals surface area contributed by atoms with Crippen molar-refractivity contribution in [3.8, 4) is 0 Å². The quantitative estimate of drug-likeness (QED) is 0.818. The van der Waals surface area contributed by atoms with E-state index in [-0.39, 0.29) is 5.91 Å².